The minimum atomic E-state index is 0.553. The number of likely N-dealkylation sites (tertiary alicyclic amines) is 1. The van der Waals surface area contributed by atoms with Gasteiger partial charge in [-0.25, -0.2) is 0 Å². The summed E-state index contributed by atoms with van der Waals surface area (Å²) in [4.78, 5) is 6.85. The normalized spacial score (nSPS) is 22.3. The molecule has 1 aliphatic rings. The molecule has 0 saturated carbocycles. The highest BCUT2D eigenvalue weighted by Gasteiger charge is 2.21. The Morgan fingerprint density at radius 1 is 1.35 bits per heavy atom. The van der Waals surface area contributed by atoms with Crippen LogP contribution >= 0.6 is 0 Å². The van der Waals surface area contributed by atoms with Crippen LogP contribution in [0.15, 0.2) is 24.5 Å². The van der Waals surface area contributed by atoms with Crippen molar-refractivity contribution in [3.05, 3.63) is 30.1 Å². The third kappa shape index (κ3) is 3.51. The van der Waals surface area contributed by atoms with Crippen molar-refractivity contribution in [2.75, 3.05) is 19.6 Å². The summed E-state index contributed by atoms with van der Waals surface area (Å²) in [6.45, 7) is 3.12. The van der Waals surface area contributed by atoms with E-state index in [4.69, 9.17) is 5.73 Å². The molecule has 94 valence electrons. The predicted molar refractivity (Wildman–Crippen MR) is 70.7 cm³/mol. The van der Waals surface area contributed by atoms with Crippen molar-refractivity contribution in [3.8, 4) is 0 Å². The SMILES string of the molecule is NCCCN1CCCCCC1c1cccnc1. The molecule has 0 radical (unpaired) electrons. The van der Waals surface area contributed by atoms with E-state index in [9.17, 15) is 0 Å². The zero-order valence-corrected chi connectivity index (χ0v) is 10.5. The molecule has 2 rings (SSSR count). The van der Waals surface area contributed by atoms with Crippen LogP contribution in [0.3, 0.4) is 0 Å². The highest BCUT2D eigenvalue weighted by atomic mass is 15.2. The van der Waals surface area contributed by atoms with Gasteiger partial charge in [0.2, 0.25) is 0 Å². The zero-order chi connectivity index (χ0) is 11.9. The van der Waals surface area contributed by atoms with Crippen LogP contribution in [0.1, 0.15) is 43.7 Å². The largest absolute Gasteiger partial charge is 0.330 e. The van der Waals surface area contributed by atoms with E-state index in [1.807, 2.05) is 18.5 Å². The van der Waals surface area contributed by atoms with Gasteiger partial charge in [0.15, 0.2) is 0 Å². The maximum Gasteiger partial charge on any atom is 0.0363 e. The molecule has 1 aromatic heterocycles. The smallest absolute Gasteiger partial charge is 0.0363 e. The molecule has 0 spiro atoms. The average Bonchev–Trinajstić information content (AvgIpc) is 2.62. The lowest BCUT2D eigenvalue weighted by Gasteiger charge is -2.29. The molecule has 0 aliphatic carbocycles. The van der Waals surface area contributed by atoms with E-state index in [1.165, 1.54) is 37.8 Å². The average molecular weight is 233 g/mol. The highest BCUT2D eigenvalue weighted by Crippen LogP contribution is 2.29. The number of nitrogens with two attached hydrogens (primary N) is 1. The Morgan fingerprint density at radius 3 is 3.06 bits per heavy atom. The number of rotatable bonds is 4. The Morgan fingerprint density at radius 2 is 2.29 bits per heavy atom. The molecule has 1 aliphatic heterocycles. The standard InChI is InChI=1S/C14H23N3/c15-8-5-11-17-10-3-1-2-7-14(17)13-6-4-9-16-12-13/h4,6,9,12,14H,1-3,5,7-8,10-11,15H2. The van der Waals surface area contributed by atoms with Crippen molar-refractivity contribution in [2.24, 2.45) is 5.73 Å². The molecule has 3 nitrogen and oxygen atoms in total. The number of pyridine rings is 1. The van der Waals surface area contributed by atoms with Gasteiger partial charge in [-0.15, -0.1) is 0 Å². The Hall–Kier alpha value is -0.930. The molecular weight excluding hydrogens is 210 g/mol. The minimum absolute atomic E-state index is 0.553. The lowest BCUT2D eigenvalue weighted by Crippen LogP contribution is -2.30. The number of hydrogen-bond donors (Lipinski definition) is 1. The van der Waals surface area contributed by atoms with Crippen molar-refractivity contribution in [1.82, 2.24) is 9.88 Å². The first-order valence-corrected chi connectivity index (χ1v) is 6.76. The Labute approximate surface area is 104 Å². The van der Waals surface area contributed by atoms with Crippen LogP contribution < -0.4 is 5.73 Å². The summed E-state index contributed by atoms with van der Waals surface area (Å²) in [5.74, 6) is 0. The molecule has 3 heteroatoms. The van der Waals surface area contributed by atoms with Gasteiger partial charge in [-0.05, 0) is 50.5 Å². The van der Waals surface area contributed by atoms with Crippen LogP contribution in [0.25, 0.3) is 0 Å². The molecule has 2 N–H and O–H groups in total. The van der Waals surface area contributed by atoms with Crippen molar-refractivity contribution in [3.63, 3.8) is 0 Å². The van der Waals surface area contributed by atoms with Crippen LogP contribution in [-0.4, -0.2) is 29.5 Å². The number of aromatic nitrogens is 1. The van der Waals surface area contributed by atoms with Crippen molar-refractivity contribution < 1.29 is 0 Å². The second-order valence-corrected chi connectivity index (χ2v) is 4.83. The van der Waals surface area contributed by atoms with Crippen LogP contribution in [0.4, 0.5) is 0 Å². The van der Waals surface area contributed by atoms with E-state index in [0.29, 0.717) is 6.04 Å². The summed E-state index contributed by atoms with van der Waals surface area (Å²) in [5, 5.41) is 0. The Kier molecular flexibility index (Phi) is 4.95. The topological polar surface area (TPSA) is 42.1 Å². The van der Waals surface area contributed by atoms with Gasteiger partial charge >= 0.3 is 0 Å². The summed E-state index contributed by atoms with van der Waals surface area (Å²) in [6.07, 6.45) is 10.2. The van der Waals surface area contributed by atoms with Gasteiger partial charge in [-0.2, -0.15) is 0 Å². The molecule has 1 atom stereocenters. The summed E-state index contributed by atoms with van der Waals surface area (Å²) in [5.41, 5.74) is 7.00. The minimum Gasteiger partial charge on any atom is -0.330 e. The van der Waals surface area contributed by atoms with Gasteiger partial charge in [0.25, 0.3) is 0 Å². The number of nitrogens with zero attached hydrogens (tertiary/aromatic N) is 2. The van der Waals surface area contributed by atoms with Gasteiger partial charge in [-0.3, -0.25) is 9.88 Å². The maximum atomic E-state index is 5.63. The predicted octanol–water partition coefficient (Wildman–Crippen LogP) is 2.35. The molecule has 2 heterocycles. The molecule has 1 unspecified atom stereocenters. The van der Waals surface area contributed by atoms with Crippen LogP contribution in [0.5, 0.6) is 0 Å². The quantitative estimate of drug-likeness (QED) is 0.868. The summed E-state index contributed by atoms with van der Waals surface area (Å²) >= 11 is 0. The molecule has 1 aromatic rings. The van der Waals surface area contributed by atoms with Crippen LogP contribution in [0, 0.1) is 0 Å². The van der Waals surface area contributed by atoms with Crippen LogP contribution in [-0.2, 0) is 0 Å². The van der Waals surface area contributed by atoms with Gasteiger partial charge < -0.3 is 5.73 Å². The van der Waals surface area contributed by atoms with E-state index in [0.717, 1.165) is 19.5 Å². The van der Waals surface area contributed by atoms with Gasteiger partial charge in [0.1, 0.15) is 0 Å². The first-order valence-electron chi connectivity index (χ1n) is 6.76. The number of hydrogen-bond acceptors (Lipinski definition) is 3. The monoisotopic (exact) mass is 233 g/mol. The second kappa shape index (κ2) is 6.72. The fourth-order valence-electron chi connectivity index (χ4n) is 2.68. The molecule has 0 amide bonds. The van der Waals surface area contributed by atoms with Gasteiger partial charge in [0.05, 0.1) is 0 Å². The zero-order valence-electron chi connectivity index (χ0n) is 10.5. The van der Waals surface area contributed by atoms with Gasteiger partial charge in [0, 0.05) is 18.4 Å². The van der Waals surface area contributed by atoms with E-state index < -0.39 is 0 Å². The first kappa shape index (κ1) is 12.5. The van der Waals surface area contributed by atoms with Crippen molar-refractivity contribution in [2.45, 2.75) is 38.1 Å². The Balaban J connectivity index is 2.08. The third-order valence-electron chi connectivity index (χ3n) is 3.58. The highest BCUT2D eigenvalue weighted by molar-refractivity contribution is 5.14. The Bertz CT molecular complexity index is 313. The fraction of sp³-hybridized carbons (Fsp3) is 0.643. The molecule has 1 saturated heterocycles. The van der Waals surface area contributed by atoms with Crippen molar-refractivity contribution >= 4 is 0 Å². The van der Waals surface area contributed by atoms with Gasteiger partial charge in [-0.1, -0.05) is 18.9 Å². The molecule has 0 aromatic carbocycles. The van der Waals surface area contributed by atoms with E-state index in [2.05, 4.69) is 16.0 Å². The molecular formula is C14H23N3. The van der Waals surface area contributed by atoms with E-state index >= 15 is 0 Å². The van der Waals surface area contributed by atoms with E-state index in [1.54, 1.807) is 0 Å². The van der Waals surface area contributed by atoms with Crippen LogP contribution in [0.2, 0.25) is 0 Å². The maximum absolute atomic E-state index is 5.63. The van der Waals surface area contributed by atoms with E-state index in [-0.39, 0.29) is 0 Å². The third-order valence-corrected chi connectivity index (χ3v) is 3.58. The first-order chi connectivity index (χ1) is 8.42. The second-order valence-electron chi connectivity index (χ2n) is 4.83. The summed E-state index contributed by atoms with van der Waals surface area (Å²) in [6, 6.07) is 4.80. The fourth-order valence-corrected chi connectivity index (χ4v) is 2.68. The molecule has 0 bridgehead atoms. The lowest BCUT2D eigenvalue weighted by atomic mass is 10.0. The summed E-state index contributed by atoms with van der Waals surface area (Å²) < 4.78 is 0. The summed E-state index contributed by atoms with van der Waals surface area (Å²) in [7, 11) is 0. The molecule has 1 fully saturated rings. The molecule has 17 heavy (non-hydrogen) atoms. The van der Waals surface area contributed by atoms with Crippen molar-refractivity contribution in [1.29, 1.82) is 0 Å². The lowest BCUT2D eigenvalue weighted by molar-refractivity contribution is 0.200.